The number of aromatic carboxylic acids is 1. The van der Waals surface area contributed by atoms with E-state index in [2.05, 4.69) is 9.97 Å². The van der Waals surface area contributed by atoms with Gasteiger partial charge in [0.15, 0.2) is 11.4 Å². The van der Waals surface area contributed by atoms with E-state index in [-0.39, 0.29) is 16.6 Å². The summed E-state index contributed by atoms with van der Waals surface area (Å²) in [5, 5.41) is 21.0. The molecule has 172 valence electrons. The van der Waals surface area contributed by atoms with Gasteiger partial charge in [-0.1, -0.05) is 60.7 Å². The Morgan fingerprint density at radius 1 is 0.914 bits per heavy atom. The number of aryl methyl sites for hydroxylation is 2. The molecule has 0 radical (unpaired) electrons. The minimum Gasteiger partial charge on any atom is -0.505 e. The van der Waals surface area contributed by atoms with E-state index >= 15 is 0 Å². The summed E-state index contributed by atoms with van der Waals surface area (Å²) in [4.78, 5) is 34.2. The molecule has 0 aliphatic rings. The van der Waals surface area contributed by atoms with Gasteiger partial charge in [0.25, 0.3) is 5.56 Å². The third kappa shape index (κ3) is 4.15. The highest BCUT2D eigenvalue weighted by atomic mass is 16.4. The molecule has 0 saturated carbocycles. The van der Waals surface area contributed by atoms with Crippen LogP contribution in [0.5, 0.6) is 5.75 Å². The third-order valence-electron chi connectivity index (χ3n) is 5.91. The number of benzene rings is 2. The lowest BCUT2D eigenvalue weighted by Crippen LogP contribution is -2.24. The standard InChI is InChI=1S/C28H21N3O4/c32-26-22-16-21(19-10-5-2-6-11-19)27(33)31(15-13-18-8-3-1-4-9-18)25(22)23(30-24(26)28(34)35)20-12-7-14-29-17-20/h1-12,14,16-17,32H,13,15H2,(H,34,35). The number of fused-ring (bicyclic) bond motifs is 1. The zero-order valence-corrected chi connectivity index (χ0v) is 18.6. The van der Waals surface area contributed by atoms with Crippen LogP contribution in [0.3, 0.4) is 0 Å². The van der Waals surface area contributed by atoms with Crippen LogP contribution in [-0.2, 0) is 13.0 Å². The molecule has 0 unspecified atom stereocenters. The highest BCUT2D eigenvalue weighted by molar-refractivity contribution is 6.03. The maximum Gasteiger partial charge on any atom is 0.358 e. The van der Waals surface area contributed by atoms with Crippen LogP contribution in [0.2, 0.25) is 0 Å². The van der Waals surface area contributed by atoms with Crippen LogP contribution in [0.1, 0.15) is 16.1 Å². The maximum absolute atomic E-state index is 13.8. The number of aromatic nitrogens is 3. The number of rotatable bonds is 6. The number of hydrogen-bond donors (Lipinski definition) is 2. The SMILES string of the molecule is O=C(O)c1nc(-c2cccnc2)c2c(cc(-c3ccccc3)c(=O)n2CCc2ccccc2)c1O. The van der Waals surface area contributed by atoms with E-state index in [1.807, 2.05) is 60.7 Å². The van der Waals surface area contributed by atoms with Crippen LogP contribution in [0.25, 0.3) is 33.3 Å². The van der Waals surface area contributed by atoms with Crippen molar-refractivity contribution < 1.29 is 15.0 Å². The van der Waals surface area contributed by atoms with Crippen molar-refractivity contribution in [1.29, 1.82) is 0 Å². The van der Waals surface area contributed by atoms with Crippen LogP contribution in [0.4, 0.5) is 0 Å². The normalized spacial score (nSPS) is 11.0. The zero-order chi connectivity index (χ0) is 24.4. The van der Waals surface area contributed by atoms with E-state index in [0.29, 0.717) is 35.2 Å². The molecule has 0 fully saturated rings. The second-order valence-corrected chi connectivity index (χ2v) is 8.08. The summed E-state index contributed by atoms with van der Waals surface area (Å²) in [5.41, 5.74) is 2.51. The Morgan fingerprint density at radius 2 is 1.60 bits per heavy atom. The molecule has 35 heavy (non-hydrogen) atoms. The Labute approximate surface area is 200 Å². The first-order chi connectivity index (χ1) is 17.0. The molecular weight excluding hydrogens is 442 g/mol. The fourth-order valence-electron chi connectivity index (χ4n) is 4.22. The molecule has 7 nitrogen and oxygen atoms in total. The van der Waals surface area contributed by atoms with E-state index in [1.165, 1.54) is 0 Å². The molecule has 0 saturated heterocycles. The molecule has 0 aliphatic carbocycles. The van der Waals surface area contributed by atoms with Crippen molar-refractivity contribution >= 4 is 16.9 Å². The lowest BCUT2D eigenvalue weighted by atomic mass is 10.0. The number of carboxylic acid groups (broad SMARTS) is 1. The van der Waals surface area contributed by atoms with Gasteiger partial charge in [0.05, 0.1) is 11.2 Å². The fourth-order valence-corrected chi connectivity index (χ4v) is 4.22. The van der Waals surface area contributed by atoms with Crippen LogP contribution in [0, 0.1) is 0 Å². The van der Waals surface area contributed by atoms with Gasteiger partial charge in [0.2, 0.25) is 0 Å². The smallest absolute Gasteiger partial charge is 0.358 e. The summed E-state index contributed by atoms with van der Waals surface area (Å²) in [7, 11) is 0. The van der Waals surface area contributed by atoms with E-state index in [4.69, 9.17) is 0 Å². The Kier molecular flexibility index (Phi) is 5.81. The second kappa shape index (κ2) is 9.23. The van der Waals surface area contributed by atoms with E-state index in [1.54, 1.807) is 35.2 Å². The maximum atomic E-state index is 13.8. The molecule has 0 atom stereocenters. The number of aromatic hydroxyl groups is 1. The molecule has 0 bridgehead atoms. The number of carboxylic acids is 1. The van der Waals surface area contributed by atoms with Crippen molar-refractivity contribution in [2.75, 3.05) is 0 Å². The van der Waals surface area contributed by atoms with Crippen molar-refractivity contribution in [3.8, 4) is 28.1 Å². The molecule has 5 rings (SSSR count). The van der Waals surface area contributed by atoms with E-state index in [0.717, 1.165) is 5.56 Å². The first-order valence-corrected chi connectivity index (χ1v) is 11.1. The van der Waals surface area contributed by atoms with Crippen molar-refractivity contribution in [3.05, 3.63) is 113 Å². The molecule has 0 spiro atoms. The Balaban J connectivity index is 1.86. The summed E-state index contributed by atoms with van der Waals surface area (Å²) in [6.45, 7) is 0.306. The molecule has 5 aromatic rings. The molecule has 2 N–H and O–H groups in total. The van der Waals surface area contributed by atoms with Gasteiger partial charge in [-0.2, -0.15) is 0 Å². The average Bonchev–Trinajstić information content (AvgIpc) is 2.89. The monoisotopic (exact) mass is 463 g/mol. The van der Waals surface area contributed by atoms with Gasteiger partial charge >= 0.3 is 5.97 Å². The predicted octanol–water partition coefficient (Wildman–Crippen LogP) is 4.77. The molecular formula is C28H21N3O4. The van der Waals surface area contributed by atoms with Crippen molar-refractivity contribution in [1.82, 2.24) is 14.5 Å². The summed E-state index contributed by atoms with van der Waals surface area (Å²) >= 11 is 0. The van der Waals surface area contributed by atoms with Gasteiger partial charge in [-0.15, -0.1) is 0 Å². The quantitative estimate of drug-likeness (QED) is 0.376. The first-order valence-electron chi connectivity index (χ1n) is 11.1. The summed E-state index contributed by atoms with van der Waals surface area (Å²) in [6, 6.07) is 23.9. The minimum absolute atomic E-state index is 0.239. The molecule has 3 aromatic heterocycles. The minimum atomic E-state index is -1.36. The van der Waals surface area contributed by atoms with Gasteiger partial charge < -0.3 is 14.8 Å². The van der Waals surface area contributed by atoms with Gasteiger partial charge in [0, 0.05) is 35.5 Å². The summed E-state index contributed by atoms with van der Waals surface area (Å²) in [5.74, 6) is -1.84. The Morgan fingerprint density at radius 3 is 2.26 bits per heavy atom. The van der Waals surface area contributed by atoms with Gasteiger partial charge in [0.1, 0.15) is 0 Å². The first kappa shape index (κ1) is 22.0. The number of nitrogens with zero attached hydrogens (tertiary/aromatic N) is 3. The largest absolute Gasteiger partial charge is 0.505 e. The number of hydrogen-bond acceptors (Lipinski definition) is 5. The van der Waals surface area contributed by atoms with Crippen molar-refractivity contribution in [2.24, 2.45) is 0 Å². The van der Waals surface area contributed by atoms with Crippen LogP contribution < -0.4 is 5.56 Å². The summed E-state index contributed by atoms with van der Waals surface area (Å²) < 4.78 is 1.57. The molecule has 0 aliphatic heterocycles. The Bertz CT molecular complexity index is 1580. The second-order valence-electron chi connectivity index (χ2n) is 8.08. The van der Waals surface area contributed by atoms with Gasteiger partial charge in [-0.3, -0.25) is 9.78 Å². The molecule has 0 amide bonds. The van der Waals surface area contributed by atoms with E-state index in [9.17, 15) is 19.8 Å². The van der Waals surface area contributed by atoms with Crippen LogP contribution in [-0.4, -0.2) is 30.7 Å². The lowest BCUT2D eigenvalue weighted by molar-refractivity contribution is 0.0687. The van der Waals surface area contributed by atoms with Crippen molar-refractivity contribution in [2.45, 2.75) is 13.0 Å². The fraction of sp³-hybridized carbons (Fsp3) is 0.0714. The highest BCUT2D eigenvalue weighted by Crippen LogP contribution is 2.36. The van der Waals surface area contributed by atoms with Gasteiger partial charge in [-0.05, 0) is 35.7 Å². The summed E-state index contributed by atoms with van der Waals surface area (Å²) in [6.07, 6.45) is 3.71. The predicted molar refractivity (Wildman–Crippen MR) is 133 cm³/mol. The third-order valence-corrected chi connectivity index (χ3v) is 5.91. The van der Waals surface area contributed by atoms with Gasteiger partial charge in [-0.25, -0.2) is 9.78 Å². The Hall–Kier alpha value is -4.78. The number of carbonyl (C=O) groups is 1. The lowest BCUT2D eigenvalue weighted by Gasteiger charge is -2.18. The molecule has 3 heterocycles. The van der Waals surface area contributed by atoms with Crippen molar-refractivity contribution in [3.63, 3.8) is 0 Å². The van der Waals surface area contributed by atoms with Crippen LogP contribution in [0.15, 0.2) is 96.1 Å². The van der Waals surface area contributed by atoms with Crippen LogP contribution >= 0.6 is 0 Å². The molecule has 2 aromatic carbocycles. The topological polar surface area (TPSA) is 105 Å². The molecule has 7 heteroatoms. The number of pyridine rings is 3. The van der Waals surface area contributed by atoms with E-state index < -0.39 is 17.4 Å². The average molecular weight is 463 g/mol. The zero-order valence-electron chi connectivity index (χ0n) is 18.6. The highest BCUT2D eigenvalue weighted by Gasteiger charge is 2.24.